The number of hydrogen-bond acceptors (Lipinski definition) is 4. The number of thioether (sulfide) groups is 1. The number of carboxylic acids is 1. The van der Waals surface area contributed by atoms with Crippen molar-refractivity contribution < 1.29 is 19.8 Å². The van der Waals surface area contributed by atoms with Gasteiger partial charge in [-0.25, -0.2) is 4.79 Å². The molecule has 104 valence electrons. The van der Waals surface area contributed by atoms with Crippen molar-refractivity contribution in [3.8, 4) is 0 Å². The Morgan fingerprint density at radius 1 is 1.26 bits per heavy atom. The summed E-state index contributed by atoms with van der Waals surface area (Å²) in [4.78, 5) is 21.7. The van der Waals surface area contributed by atoms with Crippen molar-refractivity contribution in [3.05, 3.63) is 35.9 Å². The summed E-state index contributed by atoms with van der Waals surface area (Å²) in [6.45, 7) is 1.28. The van der Waals surface area contributed by atoms with Gasteiger partial charge in [0.2, 0.25) is 5.91 Å². The highest BCUT2D eigenvalue weighted by atomic mass is 32.2. The summed E-state index contributed by atoms with van der Waals surface area (Å²) >= 11 is 1.29. The molecule has 6 heteroatoms. The maximum Gasteiger partial charge on any atom is 0.327 e. The topological polar surface area (TPSA) is 86.6 Å². The molecule has 2 unspecified atom stereocenters. The fourth-order valence-corrected chi connectivity index (χ4v) is 2.50. The maximum atomic E-state index is 10.9. The Morgan fingerprint density at radius 3 is 2.42 bits per heavy atom. The van der Waals surface area contributed by atoms with Gasteiger partial charge < -0.3 is 15.5 Å². The van der Waals surface area contributed by atoms with Crippen LogP contribution in [0.3, 0.4) is 0 Å². The zero-order chi connectivity index (χ0) is 14.3. The summed E-state index contributed by atoms with van der Waals surface area (Å²) in [6.07, 6.45) is -0.641. The molecule has 1 aromatic carbocycles. The molecule has 0 saturated heterocycles. The van der Waals surface area contributed by atoms with Gasteiger partial charge in [-0.2, -0.15) is 11.8 Å². The van der Waals surface area contributed by atoms with Crippen molar-refractivity contribution in [1.82, 2.24) is 5.32 Å². The Hall–Kier alpha value is -1.53. The second-order valence-corrected chi connectivity index (χ2v) is 5.13. The number of carbonyl (C=O) groups is 2. The van der Waals surface area contributed by atoms with Crippen LogP contribution in [-0.4, -0.2) is 39.6 Å². The largest absolute Gasteiger partial charge is 0.480 e. The lowest BCUT2D eigenvalue weighted by Gasteiger charge is -2.15. The van der Waals surface area contributed by atoms with Gasteiger partial charge in [0.1, 0.15) is 6.04 Å². The van der Waals surface area contributed by atoms with Crippen LogP contribution in [0.1, 0.15) is 18.6 Å². The molecule has 5 nitrogen and oxygen atoms in total. The Kier molecular flexibility index (Phi) is 6.38. The normalized spacial score (nSPS) is 13.6. The van der Waals surface area contributed by atoms with Gasteiger partial charge in [-0.3, -0.25) is 4.79 Å². The Morgan fingerprint density at radius 2 is 1.89 bits per heavy atom. The van der Waals surface area contributed by atoms with E-state index in [4.69, 9.17) is 5.11 Å². The van der Waals surface area contributed by atoms with Crippen LogP contribution in [-0.2, 0) is 9.59 Å². The zero-order valence-corrected chi connectivity index (χ0v) is 11.4. The Bertz CT molecular complexity index is 424. The lowest BCUT2D eigenvalue weighted by Crippen LogP contribution is -2.41. The number of rotatable bonds is 7. The van der Waals surface area contributed by atoms with Gasteiger partial charge in [-0.05, 0) is 5.56 Å². The fraction of sp³-hybridized carbons (Fsp3) is 0.385. The fourth-order valence-electron chi connectivity index (χ4n) is 1.49. The van der Waals surface area contributed by atoms with Crippen LogP contribution in [0.15, 0.2) is 30.3 Å². The summed E-state index contributed by atoms with van der Waals surface area (Å²) in [5.74, 6) is -0.847. The van der Waals surface area contributed by atoms with Crippen LogP contribution >= 0.6 is 11.8 Å². The number of carboxylic acid groups (broad SMARTS) is 1. The molecule has 0 heterocycles. The van der Waals surface area contributed by atoms with Gasteiger partial charge in [0, 0.05) is 18.4 Å². The highest BCUT2D eigenvalue weighted by Crippen LogP contribution is 2.18. The standard InChI is InChI=1S/C13H17NO4S/c1-9(15)14-11(13(17)18)7-19-8-12(16)10-5-3-2-4-6-10/h2-6,11-12,16H,7-8H2,1H3,(H,14,15)(H,17,18). The monoisotopic (exact) mass is 283 g/mol. The van der Waals surface area contributed by atoms with E-state index >= 15 is 0 Å². The van der Waals surface area contributed by atoms with Crippen LogP contribution in [0, 0.1) is 0 Å². The third-order valence-corrected chi connectivity index (χ3v) is 3.54. The molecular weight excluding hydrogens is 266 g/mol. The number of aliphatic hydroxyl groups excluding tert-OH is 1. The van der Waals surface area contributed by atoms with Crippen LogP contribution in [0.5, 0.6) is 0 Å². The van der Waals surface area contributed by atoms with Crippen molar-refractivity contribution in [1.29, 1.82) is 0 Å². The molecule has 0 radical (unpaired) electrons. The number of carbonyl (C=O) groups excluding carboxylic acids is 1. The molecule has 19 heavy (non-hydrogen) atoms. The highest BCUT2D eigenvalue weighted by molar-refractivity contribution is 7.99. The average molecular weight is 283 g/mol. The quantitative estimate of drug-likeness (QED) is 0.696. The van der Waals surface area contributed by atoms with Crippen LogP contribution in [0.25, 0.3) is 0 Å². The molecule has 0 bridgehead atoms. The molecule has 0 aliphatic heterocycles. The Labute approximate surface area is 116 Å². The van der Waals surface area contributed by atoms with Gasteiger partial charge in [-0.15, -0.1) is 0 Å². The second kappa shape index (κ2) is 7.81. The van der Waals surface area contributed by atoms with Crippen molar-refractivity contribution >= 4 is 23.6 Å². The molecular formula is C13H17NO4S. The van der Waals surface area contributed by atoms with E-state index in [1.54, 1.807) is 0 Å². The molecule has 0 aromatic heterocycles. The van der Waals surface area contributed by atoms with Crippen LogP contribution in [0.2, 0.25) is 0 Å². The molecule has 1 rings (SSSR count). The SMILES string of the molecule is CC(=O)NC(CSCC(O)c1ccccc1)C(=O)O. The highest BCUT2D eigenvalue weighted by Gasteiger charge is 2.19. The molecule has 0 fully saturated rings. The van der Waals surface area contributed by atoms with E-state index in [1.807, 2.05) is 30.3 Å². The Balaban J connectivity index is 2.40. The maximum absolute atomic E-state index is 10.9. The average Bonchev–Trinajstić information content (AvgIpc) is 2.37. The van der Waals surface area contributed by atoms with E-state index in [0.717, 1.165) is 5.56 Å². The molecule has 0 aliphatic rings. The van der Waals surface area contributed by atoms with E-state index in [-0.39, 0.29) is 11.7 Å². The van der Waals surface area contributed by atoms with Crippen LogP contribution in [0.4, 0.5) is 0 Å². The van der Waals surface area contributed by atoms with Crippen molar-refractivity contribution in [2.45, 2.75) is 19.1 Å². The molecule has 2 atom stereocenters. The van der Waals surface area contributed by atoms with E-state index in [9.17, 15) is 14.7 Å². The lowest BCUT2D eigenvalue weighted by atomic mass is 10.1. The van der Waals surface area contributed by atoms with Crippen molar-refractivity contribution in [2.24, 2.45) is 0 Å². The third kappa shape index (κ3) is 5.76. The van der Waals surface area contributed by atoms with Gasteiger partial charge >= 0.3 is 5.97 Å². The van der Waals surface area contributed by atoms with E-state index in [1.165, 1.54) is 18.7 Å². The first-order valence-corrected chi connectivity index (χ1v) is 6.97. The minimum Gasteiger partial charge on any atom is -0.480 e. The van der Waals surface area contributed by atoms with Gasteiger partial charge in [0.15, 0.2) is 0 Å². The van der Waals surface area contributed by atoms with E-state index in [2.05, 4.69) is 5.32 Å². The zero-order valence-electron chi connectivity index (χ0n) is 10.6. The first-order chi connectivity index (χ1) is 9.00. The summed E-state index contributed by atoms with van der Waals surface area (Å²) in [5.41, 5.74) is 0.793. The number of benzene rings is 1. The molecule has 3 N–H and O–H groups in total. The first kappa shape index (κ1) is 15.5. The third-order valence-electron chi connectivity index (χ3n) is 2.42. The molecule has 1 amide bonds. The van der Waals surface area contributed by atoms with E-state index < -0.39 is 18.1 Å². The summed E-state index contributed by atoms with van der Waals surface area (Å²) in [5, 5.41) is 21.2. The minimum absolute atomic E-state index is 0.221. The van der Waals surface area contributed by atoms with Crippen molar-refractivity contribution in [3.63, 3.8) is 0 Å². The number of aliphatic carboxylic acids is 1. The van der Waals surface area contributed by atoms with Crippen LogP contribution < -0.4 is 5.32 Å². The predicted molar refractivity (Wildman–Crippen MR) is 74.0 cm³/mol. The van der Waals surface area contributed by atoms with Gasteiger partial charge in [-0.1, -0.05) is 30.3 Å². The number of aliphatic hydroxyl groups is 1. The number of nitrogens with one attached hydrogen (secondary N) is 1. The molecule has 0 aliphatic carbocycles. The predicted octanol–water partition coefficient (Wildman–Crippen LogP) is 1.04. The summed E-state index contributed by atoms with van der Waals surface area (Å²) in [6, 6.07) is 8.23. The van der Waals surface area contributed by atoms with Crippen molar-refractivity contribution in [2.75, 3.05) is 11.5 Å². The summed E-state index contributed by atoms with van der Waals surface area (Å²) in [7, 11) is 0. The molecule has 1 aromatic rings. The molecule has 0 saturated carbocycles. The smallest absolute Gasteiger partial charge is 0.327 e. The van der Waals surface area contributed by atoms with E-state index in [0.29, 0.717) is 5.75 Å². The lowest BCUT2D eigenvalue weighted by molar-refractivity contribution is -0.140. The second-order valence-electron chi connectivity index (χ2n) is 4.06. The first-order valence-electron chi connectivity index (χ1n) is 5.81. The van der Waals surface area contributed by atoms with Gasteiger partial charge in [0.05, 0.1) is 6.10 Å². The number of hydrogen-bond donors (Lipinski definition) is 3. The molecule has 0 spiro atoms. The summed E-state index contributed by atoms with van der Waals surface area (Å²) < 4.78 is 0. The van der Waals surface area contributed by atoms with Gasteiger partial charge in [0.25, 0.3) is 0 Å². The number of amides is 1. The minimum atomic E-state index is -1.07.